The van der Waals surface area contributed by atoms with Gasteiger partial charge >= 0.3 is 0 Å². The lowest BCUT2D eigenvalue weighted by molar-refractivity contribution is 0.484. The zero-order valence-corrected chi connectivity index (χ0v) is 12.6. The predicted molar refractivity (Wildman–Crippen MR) is 80.2 cm³/mol. The van der Waals surface area contributed by atoms with Gasteiger partial charge in [-0.1, -0.05) is 11.6 Å². The Hall–Kier alpha value is -1.72. The molecular weight excluding hydrogens is 298 g/mol. The maximum Gasteiger partial charge on any atom is 0.175 e. The van der Waals surface area contributed by atoms with Crippen molar-refractivity contribution in [3.63, 3.8) is 0 Å². The van der Waals surface area contributed by atoms with Gasteiger partial charge in [-0.05, 0) is 48.9 Å². The summed E-state index contributed by atoms with van der Waals surface area (Å²) in [6.07, 6.45) is 1.13. The number of ether oxygens (including phenoxy) is 1. The Morgan fingerprint density at radius 1 is 1.15 bits per heavy atom. The van der Waals surface area contributed by atoms with E-state index in [0.29, 0.717) is 16.5 Å². The molecule has 0 atom stereocenters. The van der Waals surface area contributed by atoms with Gasteiger partial charge in [-0.25, -0.2) is 8.42 Å². The van der Waals surface area contributed by atoms with Crippen LogP contribution in [0.3, 0.4) is 0 Å². The molecule has 0 heterocycles. The predicted octanol–water partition coefficient (Wildman–Crippen LogP) is 3.43. The van der Waals surface area contributed by atoms with Crippen LogP contribution in [0.1, 0.15) is 5.56 Å². The molecule has 106 valence electrons. The van der Waals surface area contributed by atoms with Gasteiger partial charge in [0.05, 0.1) is 10.6 Å². The molecule has 6 heteroatoms. The Bertz CT molecular complexity index is 757. The number of rotatable bonds is 3. The van der Waals surface area contributed by atoms with Crippen LogP contribution in [0.2, 0.25) is 5.02 Å². The highest BCUT2D eigenvalue weighted by molar-refractivity contribution is 7.90. The highest BCUT2D eigenvalue weighted by Gasteiger charge is 2.11. The number of halogens is 1. The Morgan fingerprint density at radius 3 is 2.40 bits per heavy atom. The van der Waals surface area contributed by atoms with Crippen molar-refractivity contribution in [1.29, 1.82) is 0 Å². The molecule has 2 aromatic rings. The first-order valence-electron chi connectivity index (χ1n) is 5.81. The second-order valence-electron chi connectivity index (χ2n) is 4.48. The second-order valence-corrected chi connectivity index (χ2v) is 6.91. The van der Waals surface area contributed by atoms with E-state index in [-0.39, 0.29) is 10.6 Å². The summed E-state index contributed by atoms with van der Waals surface area (Å²) in [5, 5.41) is 0.651. The van der Waals surface area contributed by atoms with Gasteiger partial charge in [0.2, 0.25) is 0 Å². The minimum absolute atomic E-state index is 0.162. The number of aryl methyl sites for hydroxylation is 1. The minimum atomic E-state index is -3.28. The molecular formula is C14H14ClNO3S. The summed E-state index contributed by atoms with van der Waals surface area (Å²) >= 11 is 5.94. The first-order valence-corrected chi connectivity index (χ1v) is 8.08. The molecule has 0 unspecified atom stereocenters. The van der Waals surface area contributed by atoms with Gasteiger partial charge in [0.15, 0.2) is 9.84 Å². The van der Waals surface area contributed by atoms with Crippen LogP contribution >= 0.6 is 11.6 Å². The van der Waals surface area contributed by atoms with Crippen molar-refractivity contribution in [3.8, 4) is 11.5 Å². The number of nitrogen functional groups attached to an aromatic ring is 1. The van der Waals surface area contributed by atoms with Gasteiger partial charge in [-0.3, -0.25) is 0 Å². The van der Waals surface area contributed by atoms with Gasteiger partial charge in [0.25, 0.3) is 0 Å². The smallest absolute Gasteiger partial charge is 0.175 e. The largest absolute Gasteiger partial charge is 0.455 e. The van der Waals surface area contributed by atoms with Gasteiger partial charge in [0, 0.05) is 11.3 Å². The summed E-state index contributed by atoms with van der Waals surface area (Å²) < 4.78 is 28.5. The molecule has 20 heavy (non-hydrogen) atoms. The molecule has 0 aliphatic heterocycles. The fourth-order valence-corrected chi connectivity index (χ4v) is 2.43. The highest BCUT2D eigenvalue weighted by atomic mass is 35.5. The Kier molecular flexibility index (Phi) is 3.92. The summed E-state index contributed by atoms with van der Waals surface area (Å²) in [6.45, 7) is 1.87. The van der Waals surface area contributed by atoms with Crippen LogP contribution in [-0.4, -0.2) is 14.7 Å². The molecule has 0 saturated carbocycles. The standard InChI is InChI=1S/C14H14ClNO3S/c1-9-7-10(3-5-12(9)15)19-14-6-4-11(8-13(14)16)20(2,17)18/h3-8H,16H2,1-2H3. The Morgan fingerprint density at radius 2 is 1.85 bits per heavy atom. The third-order valence-electron chi connectivity index (χ3n) is 2.77. The fraction of sp³-hybridized carbons (Fsp3) is 0.143. The number of anilines is 1. The van der Waals surface area contributed by atoms with E-state index < -0.39 is 9.84 Å². The summed E-state index contributed by atoms with van der Waals surface area (Å²) in [4.78, 5) is 0.162. The van der Waals surface area contributed by atoms with Crippen LogP contribution in [0.25, 0.3) is 0 Å². The van der Waals surface area contributed by atoms with E-state index in [1.807, 2.05) is 6.92 Å². The molecule has 2 rings (SSSR count). The van der Waals surface area contributed by atoms with Crippen molar-refractivity contribution < 1.29 is 13.2 Å². The lowest BCUT2D eigenvalue weighted by Crippen LogP contribution is -2.00. The van der Waals surface area contributed by atoms with E-state index in [9.17, 15) is 8.42 Å². The average molecular weight is 312 g/mol. The van der Waals surface area contributed by atoms with Crippen LogP contribution in [0.5, 0.6) is 11.5 Å². The lowest BCUT2D eigenvalue weighted by Gasteiger charge is -2.10. The molecule has 4 nitrogen and oxygen atoms in total. The van der Waals surface area contributed by atoms with Gasteiger partial charge in [-0.15, -0.1) is 0 Å². The van der Waals surface area contributed by atoms with Gasteiger partial charge in [0.1, 0.15) is 11.5 Å². The summed E-state index contributed by atoms with van der Waals surface area (Å²) in [5.74, 6) is 0.991. The number of nitrogens with two attached hydrogens (primary N) is 1. The van der Waals surface area contributed by atoms with E-state index in [1.165, 1.54) is 18.2 Å². The number of hydrogen-bond donors (Lipinski definition) is 1. The molecule has 0 saturated heterocycles. The molecule has 0 fully saturated rings. The molecule has 2 aromatic carbocycles. The van der Waals surface area contributed by atoms with Crippen molar-refractivity contribution in [3.05, 3.63) is 47.0 Å². The van der Waals surface area contributed by atoms with Crippen molar-refractivity contribution >= 4 is 27.1 Å². The summed E-state index contributed by atoms with van der Waals surface area (Å²) in [7, 11) is -3.28. The van der Waals surface area contributed by atoms with Crippen molar-refractivity contribution in [2.75, 3.05) is 12.0 Å². The van der Waals surface area contributed by atoms with E-state index in [4.69, 9.17) is 22.1 Å². The maximum atomic E-state index is 11.4. The molecule has 0 amide bonds. The normalized spacial score (nSPS) is 11.3. The monoisotopic (exact) mass is 311 g/mol. The molecule has 0 aliphatic carbocycles. The van der Waals surface area contributed by atoms with Crippen molar-refractivity contribution in [1.82, 2.24) is 0 Å². The van der Waals surface area contributed by atoms with Crippen LogP contribution < -0.4 is 10.5 Å². The molecule has 2 N–H and O–H groups in total. The summed E-state index contributed by atoms with van der Waals surface area (Å²) in [6, 6.07) is 9.62. The third kappa shape index (κ3) is 3.23. The van der Waals surface area contributed by atoms with Gasteiger partial charge < -0.3 is 10.5 Å². The maximum absolute atomic E-state index is 11.4. The molecule has 0 spiro atoms. The lowest BCUT2D eigenvalue weighted by atomic mass is 10.2. The molecule has 0 aliphatic rings. The third-order valence-corrected chi connectivity index (χ3v) is 4.30. The van der Waals surface area contributed by atoms with Crippen LogP contribution in [0.15, 0.2) is 41.3 Å². The van der Waals surface area contributed by atoms with E-state index in [1.54, 1.807) is 18.2 Å². The highest BCUT2D eigenvalue weighted by Crippen LogP contribution is 2.31. The van der Waals surface area contributed by atoms with Crippen molar-refractivity contribution in [2.24, 2.45) is 0 Å². The molecule has 0 bridgehead atoms. The minimum Gasteiger partial charge on any atom is -0.455 e. The zero-order valence-electron chi connectivity index (χ0n) is 11.1. The quantitative estimate of drug-likeness (QED) is 0.882. The van der Waals surface area contributed by atoms with E-state index in [0.717, 1.165) is 11.8 Å². The molecule has 0 aromatic heterocycles. The summed E-state index contributed by atoms with van der Waals surface area (Å²) in [5.41, 5.74) is 6.97. The van der Waals surface area contributed by atoms with E-state index in [2.05, 4.69) is 0 Å². The van der Waals surface area contributed by atoms with Crippen LogP contribution in [-0.2, 0) is 9.84 Å². The fourth-order valence-electron chi connectivity index (χ4n) is 1.66. The Labute approximate surface area is 123 Å². The number of benzene rings is 2. The van der Waals surface area contributed by atoms with Crippen LogP contribution in [0.4, 0.5) is 5.69 Å². The average Bonchev–Trinajstić information content (AvgIpc) is 2.35. The Balaban J connectivity index is 2.32. The topological polar surface area (TPSA) is 69.4 Å². The second kappa shape index (κ2) is 5.34. The van der Waals surface area contributed by atoms with Crippen LogP contribution in [0, 0.1) is 6.92 Å². The molecule has 0 radical (unpaired) electrons. The number of sulfone groups is 1. The van der Waals surface area contributed by atoms with E-state index >= 15 is 0 Å². The zero-order chi connectivity index (χ0) is 14.9. The first-order chi connectivity index (χ1) is 9.27. The SMILES string of the molecule is Cc1cc(Oc2ccc(S(C)(=O)=O)cc2N)ccc1Cl. The first kappa shape index (κ1) is 14.7. The van der Waals surface area contributed by atoms with Gasteiger partial charge in [-0.2, -0.15) is 0 Å². The number of hydrogen-bond acceptors (Lipinski definition) is 4. The van der Waals surface area contributed by atoms with Crippen molar-refractivity contribution in [2.45, 2.75) is 11.8 Å².